The summed E-state index contributed by atoms with van der Waals surface area (Å²) in [6, 6.07) is 13.3. The number of piperazine rings is 1. The average Bonchev–Trinajstić information content (AvgIpc) is 3.27. The molecule has 0 amide bonds. The molecule has 2 heterocycles. The summed E-state index contributed by atoms with van der Waals surface area (Å²) >= 11 is 1.81. The second kappa shape index (κ2) is 12.0. The molecule has 0 bridgehead atoms. The normalized spacial score (nSPS) is 16.2. The van der Waals surface area contributed by atoms with E-state index in [9.17, 15) is 0 Å². The van der Waals surface area contributed by atoms with Gasteiger partial charge in [-0.05, 0) is 29.6 Å². The molecule has 0 spiro atoms. The van der Waals surface area contributed by atoms with Crippen LogP contribution in [0.25, 0.3) is 0 Å². The van der Waals surface area contributed by atoms with Gasteiger partial charge in [0.15, 0.2) is 5.96 Å². The van der Waals surface area contributed by atoms with Crippen molar-refractivity contribution in [3.63, 3.8) is 0 Å². The molecule has 2 N–H and O–H groups in total. The third-order valence-electron chi connectivity index (χ3n) is 5.59. The van der Waals surface area contributed by atoms with Gasteiger partial charge in [0, 0.05) is 63.2 Å². The van der Waals surface area contributed by atoms with Gasteiger partial charge in [0.05, 0.1) is 0 Å². The van der Waals surface area contributed by atoms with Crippen LogP contribution < -0.4 is 10.6 Å². The Bertz CT molecular complexity index is 765. The van der Waals surface area contributed by atoms with Gasteiger partial charge in [-0.3, -0.25) is 9.89 Å². The molecule has 166 valence electrons. The average molecular weight is 542 g/mol. The highest BCUT2D eigenvalue weighted by molar-refractivity contribution is 14.0. The van der Waals surface area contributed by atoms with E-state index in [1.165, 1.54) is 16.0 Å². The molecule has 1 saturated heterocycles. The number of guanidine groups is 1. The topological polar surface area (TPSA) is 42.9 Å². The Kier molecular flexibility index (Phi) is 10.1. The molecule has 0 unspecified atom stereocenters. The number of nitrogens with zero attached hydrogens (tertiary/aromatic N) is 3. The number of halogens is 1. The SMILES string of the molecule is CN=C(NCc1ccc(CN2CCN(C)CC2)cc1)NCC(C)(C)c1cccs1.I. The van der Waals surface area contributed by atoms with Crippen LogP contribution in [0.5, 0.6) is 0 Å². The van der Waals surface area contributed by atoms with E-state index in [4.69, 9.17) is 0 Å². The van der Waals surface area contributed by atoms with E-state index in [0.29, 0.717) is 0 Å². The maximum Gasteiger partial charge on any atom is 0.191 e. The molecular formula is C23H36IN5S. The first kappa shape index (κ1) is 25.1. The van der Waals surface area contributed by atoms with Crippen LogP contribution in [0.4, 0.5) is 0 Å². The fourth-order valence-electron chi connectivity index (χ4n) is 3.49. The summed E-state index contributed by atoms with van der Waals surface area (Å²) in [7, 11) is 4.03. The number of hydrogen-bond acceptors (Lipinski definition) is 4. The zero-order valence-electron chi connectivity index (χ0n) is 18.6. The van der Waals surface area contributed by atoms with Gasteiger partial charge in [-0.25, -0.2) is 0 Å². The van der Waals surface area contributed by atoms with Crippen LogP contribution in [-0.4, -0.2) is 62.6 Å². The lowest BCUT2D eigenvalue weighted by Gasteiger charge is -2.32. The lowest BCUT2D eigenvalue weighted by atomic mass is 9.91. The molecule has 30 heavy (non-hydrogen) atoms. The van der Waals surface area contributed by atoms with Gasteiger partial charge < -0.3 is 15.5 Å². The van der Waals surface area contributed by atoms with Gasteiger partial charge in [0.25, 0.3) is 0 Å². The third kappa shape index (κ3) is 7.51. The Morgan fingerprint density at radius 3 is 2.30 bits per heavy atom. The van der Waals surface area contributed by atoms with E-state index in [1.807, 2.05) is 7.05 Å². The van der Waals surface area contributed by atoms with E-state index in [0.717, 1.165) is 51.8 Å². The number of nitrogens with one attached hydrogen (secondary N) is 2. The highest BCUT2D eigenvalue weighted by atomic mass is 127. The summed E-state index contributed by atoms with van der Waals surface area (Å²) in [4.78, 5) is 10.7. The molecule has 0 radical (unpaired) electrons. The van der Waals surface area contributed by atoms with Gasteiger partial charge >= 0.3 is 0 Å². The zero-order valence-corrected chi connectivity index (χ0v) is 21.8. The van der Waals surface area contributed by atoms with Crippen LogP contribution >= 0.6 is 35.3 Å². The van der Waals surface area contributed by atoms with Gasteiger partial charge in [0.2, 0.25) is 0 Å². The minimum Gasteiger partial charge on any atom is -0.356 e. The molecule has 1 fully saturated rings. The fraction of sp³-hybridized carbons (Fsp3) is 0.522. The summed E-state index contributed by atoms with van der Waals surface area (Å²) in [5.41, 5.74) is 2.74. The quantitative estimate of drug-likeness (QED) is 0.319. The number of aliphatic imine (C=N–C) groups is 1. The number of benzene rings is 1. The molecule has 1 aromatic carbocycles. The predicted molar refractivity (Wildman–Crippen MR) is 140 cm³/mol. The summed E-state index contributed by atoms with van der Waals surface area (Å²) in [5.74, 6) is 0.844. The summed E-state index contributed by atoms with van der Waals surface area (Å²) in [6.45, 7) is 11.8. The maximum absolute atomic E-state index is 4.38. The molecule has 0 atom stereocenters. The van der Waals surface area contributed by atoms with Crippen molar-refractivity contribution < 1.29 is 0 Å². The summed E-state index contributed by atoms with van der Waals surface area (Å²) in [6.07, 6.45) is 0. The van der Waals surface area contributed by atoms with Gasteiger partial charge in [-0.1, -0.05) is 44.2 Å². The van der Waals surface area contributed by atoms with Gasteiger partial charge in [-0.2, -0.15) is 0 Å². The Labute approximate surface area is 203 Å². The zero-order chi connectivity index (χ0) is 20.7. The molecule has 1 aliphatic rings. The van der Waals surface area contributed by atoms with Crippen molar-refractivity contribution in [2.45, 2.75) is 32.4 Å². The summed E-state index contributed by atoms with van der Waals surface area (Å²) < 4.78 is 0. The van der Waals surface area contributed by atoms with Crippen molar-refractivity contribution in [3.05, 3.63) is 57.8 Å². The van der Waals surface area contributed by atoms with Crippen LogP contribution in [0.3, 0.4) is 0 Å². The van der Waals surface area contributed by atoms with Crippen LogP contribution in [0, 0.1) is 0 Å². The Hall–Kier alpha value is -1.16. The van der Waals surface area contributed by atoms with Crippen LogP contribution in [0.1, 0.15) is 29.9 Å². The molecule has 1 aliphatic heterocycles. The molecule has 0 aliphatic carbocycles. The van der Waals surface area contributed by atoms with Crippen LogP contribution in [-0.2, 0) is 18.5 Å². The summed E-state index contributed by atoms with van der Waals surface area (Å²) in [5, 5.41) is 9.04. The van der Waals surface area contributed by atoms with Crippen molar-refractivity contribution in [2.75, 3.05) is 46.8 Å². The van der Waals surface area contributed by atoms with Crippen LogP contribution in [0.2, 0.25) is 0 Å². The van der Waals surface area contributed by atoms with E-state index < -0.39 is 0 Å². The first-order valence-corrected chi connectivity index (χ1v) is 11.3. The number of rotatable bonds is 7. The van der Waals surface area contributed by atoms with E-state index in [1.54, 1.807) is 11.3 Å². The number of thiophene rings is 1. The third-order valence-corrected chi connectivity index (χ3v) is 6.83. The van der Waals surface area contributed by atoms with Crippen molar-refractivity contribution in [3.8, 4) is 0 Å². The van der Waals surface area contributed by atoms with Crippen molar-refractivity contribution in [2.24, 2.45) is 4.99 Å². The smallest absolute Gasteiger partial charge is 0.191 e. The van der Waals surface area contributed by atoms with E-state index in [2.05, 4.69) is 88.1 Å². The lowest BCUT2D eigenvalue weighted by molar-refractivity contribution is 0.148. The highest BCUT2D eigenvalue weighted by Crippen LogP contribution is 2.26. The molecule has 3 rings (SSSR count). The molecule has 1 aromatic heterocycles. The van der Waals surface area contributed by atoms with E-state index in [-0.39, 0.29) is 29.4 Å². The van der Waals surface area contributed by atoms with Gasteiger partial charge in [0.1, 0.15) is 0 Å². The van der Waals surface area contributed by atoms with Crippen LogP contribution in [0.15, 0.2) is 46.8 Å². The van der Waals surface area contributed by atoms with Crippen molar-refractivity contribution in [1.82, 2.24) is 20.4 Å². The highest BCUT2D eigenvalue weighted by Gasteiger charge is 2.21. The molecule has 5 nitrogen and oxygen atoms in total. The van der Waals surface area contributed by atoms with Crippen molar-refractivity contribution in [1.29, 1.82) is 0 Å². The Morgan fingerprint density at radius 2 is 1.70 bits per heavy atom. The predicted octanol–water partition coefficient (Wildman–Crippen LogP) is 3.76. The standard InChI is InChI=1S/C23H35N5S.HI/c1-23(2,21-6-5-15-29-21)18-26-22(24-3)25-16-19-7-9-20(10-8-19)17-28-13-11-27(4)12-14-28;/h5-10,15H,11-14,16-18H2,1-4H3,(H2,24,25,26);1H. The molecular weight excluding hydrogens is 505 g/mol. The molecule has 0 saturated carbocycles. The number of hydrogen-bond donors (Lipinski definition) is 2. The van der Waals surface area contributed by atoms with E-state index >= 15 is 0 Å². The molecule has 7 heteroatoms. The fourth-order valence-corrected chi connectivity index (χ4v) is 4.34. The largest absolute Gasteiger partial charge is 0.356 e. The minimum absolute atomic E-state index is 0. The second-order valence-electron chi connectivity index (χ2n) is 8.54. The number of likely N-dealkylation sites (N-methyl/N-ethyl adjacent to an activating group) is 1. The maximum atomic E-state index is 4.38. The minimum atomic E-state index is 0. The monoisotopic (exact) mass is 541 g/mol. The Morgan fingerprint density at radius 1 is 1.03 bits per heavy atom. The Balaban J connectivity index is 0.00000320. The second-order valence-corrected chi connectivity index (χ2v) is 9.48. The lowest BCUT2D eigenvalue weighted by Crippen LogP contribution is -2.43. The van der Waals surface area contributed by atoms with Gasteiger partial charge in [-0.15, -0.1) is 35.3 Å². The molecule has 2 aromatic rings. The van der Waals surface area contributed by atoms with Crippen molar-refractivity contribution >= 4 is 41.3 Å². The first-order valence-electron chi connectivity index (χ1n) is 10.4. The first-order chi connectivity index (χ1) is 14.0.